The fourth-order valence-electron chi connectivity index (χ4n) is 2.75. The van der Waals surface area contributed by atoms with E-state index in [2.05, 4.69) is 27.7 Å². The molecule has 0 bridgehead atoms. The van der Waals surface area contributed by atoms with Crippen LogP contribution in [0.15, 0.2) is 11.8 Å². The predicted octanol–water partition coefficient (Wildman–Crippen LogP) is 3.77. The Labute approximate surface area is 111 Å². The Morgan fingerprint density at radius 1 is 1.22 bits per heavy atom. The molecule has 0 aromatic rings. The van der Waals surface area contributed by atoms with Gasteiger partial charge < -0.3 is 13.7 Å². The maximum atomic E-state index is 6.07. The maximum Gasteiger partial charge on any atom is 0.475 e. The van der Waals surface area contributed by atoms with E-state index in [9.17, 15) is 0 Å². The summed E-state index contributed by atoms with van der Waals surface area (Å²) in [4.78, 5) is 0. The van der Waals surface area contributed by atoms with Gasteiger partial charge in [-0.15, -0.1) is 0 Å². The van der Waals surface area contributed by atoms with Crippen LogP contribution in [-0.4, -0.2) is 19.1 Å². The van der Waals surface area contributed by atoms with E-state index in [1.165, 1.54) is 0 Å². The molecular weight excluding hydrogens is 227 g/mol. The highest BCUT2D eigenvalue weighted by Gasteiger charge is 2.41. The van der Waals surface area contributed by atoms with Gasteiger partial charge in [0.15, 0.2) is 6.61 Å². The molecule has 1 rings (SSSR count). The van der Waals surface area contributed by atoms with Crippen LogP contribution in [0.3, 0.4) is 0 Å². The second-order valence-corrected chi connectivity index (χ2v) is 6.05. The lowest BCUT2D eigenvalue weighted by atomic mass is 9.47. The van der Waals surface area contributed by atoms with Crippen LogP contribution in [-0.2, 0) is 13.7 Å². The molecule has 0 N–H and O–H groups in total. The van der Waals surface area contributed by atoms with E-state index in [0.29, 0.717) is 24.4 Å². The molecule has 0 amide bonds. The molecule has 104 valence electrons. The third kappa shape index (κ3) is 4.39. The molecule has 0 saturated carbocycles. The van der Waals surface area contributed by atoms with Crippen LogP contribution < -0.4 is 0 Å². The van der Waals surface area contributed by atoms with Gasteiger partial charge in [0.25, 0.3) is 0 Å². The van der Waals surface area contributed by atoms with Crippen molar-refractivity contribution in [1.29, 1.82) is 0 Å². The SMILES string of the molecule is CCOC1=[O+][B-](CC(C)C)(CC(C)C)OC(C)=C1. The third-order valence-electron chi connectivity index (χ3n) is 3.00. The summed E-state index contributed by atoms with van der Waals surface area (Å²) in [5.74, 6) is 2.59. The van der Waals surface area contributed by atoms with Gasteiger partial charge in [-0.2, -0.15) is 0 Å². The largest absolute Gasteiger partial charge is 0.662 e. The molecule has 1 aliphatic rings. The van der Waals surface area contributed by atoms with Crippen molar-refractivity contribution in [2.24, 2.45) is 11.8 Å². The smallest absolute Gasteiger partial charge is 0.475 e. The summed E-state index contributed by atoms with van der Waals surface area (Å²) in [6, 6.07) is 0. The number of rotatable bonds is 5. The van der Waals surface area contributed by atoms with Gasteiger partial charge >= 0.3 is 12.5 Å². The van der Waals surface area contributed by atoms with Crippen LogP contribution in [0, 0.1) is 11.8 Å². The first kappa shape index (κ1) is 15.1. The highest BCUT2D eigenvalue weighted by atomic mass is 16.6. The standard InChI is InChI=1S/C14H27BO3/c1-7-16-14-8-13(6)17-15(18-14,9-11(2)3)10-12(4)5/h8,11-12H,7,9-10H2,1-6H3. The first-order chi connectivity index (χ1) is 8.37. The summed E-state index contributed by atoms with van der Waals surface area (Å²) >= 11 is 0. The Morgan fingerprint density at radius 3 is 2.22 bits per heavy atom. The maximum absolute atomic E-state index is 6.07. The minimum absolute atomic E-state index is 0.539. The number of allylic oxidation sites excluding steroid dienone is 1. The Morgan fingerprint density at radius 2 is 1.78 bits per heavy atom. The Kier molecular flexibility index (Phi) is 5.30. The molecule has 0 fully saturated rings. The molecule has 0 unspecified atom stereocenters. The van der Waals surface area contributed by atoms with Gasteiger partial charge in [-0.25, -0.2) is 0 Å². The summed E-state index contributed by atoms with van der Waals surface area (Å²) in [5.41, 5.74) is 0. The minimum Gasteiger partial charge on any atom is -0.662 e. The van der Waals surface area contributed by atoms with Crippen LogP contribution >= 0.6 is 0 Å². The van der Waals surface area contributed by atoms with Gasteiger partial charge in [-0.3, -0.25) is 0 Å². The van der Waals surface area contributed by atoms with Crippen LogP contribution in [0.4, 0.5) is 0 Å². The molecule has 0 spiro atoms. The molecule has 0 atom stereocenters. The zero-order valence-corrected chi connectivity index (χ0v) is 12.7. The van der Waals surface area contributed by atoms with Gasteiger partial charge in [0.1, 0.15) is 6.08 Å². The van der Waals surface area contributed by atoms with Crippen molar-refractivity contribution >= 4 is 12.5 Å². The van der Waals surface area contributed by atoms with Crippen molar-refractivity contribution in [2.45, 2.75) is 54.2 Å². The van der Waals surface area contributed by atoms with Crippen molar-refractivity contribution in [3.8, 4) is 0 Å². The lowest BCUT2D eigenvalue weighted by Crippen LogP contribution is -2.45. The number of ether oxygens (including phenoxy) is 1. The van der Waals surface area contributed by atoms with E-state index in [-0.39, 0.29) is 0 Å². The first-order valence-corrected chi connectivity index (χ1v) is 7.10. The van der Waals surface area contributed by atoms with Crippen molar-refractivity contribution in [1.82, 2.24) is 0 Å². The normalized spacial score (nSPS) is 18.4. The lowest BCUT2D eigenvalue weighted by Gasteiger charge is -2.37. The van der Waals surface area contributed by atoms with Crippen LogP contribution in [0.5, 0.6) is 0 Å². The highest BCUT2D eigenvalue weighted by Crippen LogP contribution is 2.30. The van der Waals surface area contributed by atoms with E-state index in [1.54, 1.807) is 0 Å². The van der Waals surface area contributed by atoms with Gasteiger partial charge in [-0.05, 0) is 13.8 Å². The van der Waals surface area contributed by atoms with Gasteiger partial charge in [-0.1, -0.05) is 52.2 Å². The minimum atomic E-state index is -1.30. The summed E-state index contributed by atoms with van der Waals surface area (Å²) in [6.07, 6.45) is 3.70. The van der Waals surface area contributed by atoms with Gasteiger partial charge in [0.2, 0.25) is 0 Å². The Hall–Kier alpha value is -0.925. The molecule has 0 saturated heterocycles. The molecule has 0 radical (unpaired) electrons. The molecule has 0 aromatic heterocycles. The van der Waals surface area contributed by atoms with Gasteiger partial charge in [0, 0.05) is 0 Å². The van der Waals surface area contributed by atoms with Crippen LogP contribution in [0.1, 0.15) is 41.5 Å². The lowest BCUT2D eigenvalue weighted by molar-refractivity contribution is -0.348. The zero-order chi connectivity index (χ0) is 13.8. The average molecular weight is 254 g/mol. The molecule has 1 aliphatic heterocycles. The average Bonchev–Trinajstić information content (AvgIpc) is 2.12. The van der Waals surface area contributed by atoms with E-state index >= 15 is 0 Å². The summed E-state index contributed by atoms with van der Waals surface area (Å²) in [7, 11) is 0. The van der Waals surface area contributed by atoms with E-state index in [0.717, 1.165) is 18.4 Å². The second-order valence-electron chi connectivity index (χ2n) is 6.05. The van der Waals surface area contributed by atoms with Crippen molar-refractivity contribution in [3.63, 3.8) is 0 Å². The monoisotopic (exact) mass is 254 g/mol. The summed E-state index contributed by atoms with van der Waals surface area (Å²) < 4.78 is 17.7. The quantitative estimate of drug-likeness (QED) is 0.424. The summed E-state index contributed by atoms with van der Waals surface area (Å²) in [5, 5.41) is 0. The molecule has 0 aliphatic carbocycles. The number of esters is 1. The molecule has 18 heavy (non-hydrogen) atoms. The van der Waals surface area contributed by atoms with Crippen molar-refractivity contribution < 1.29 is 13.7 Å². The fraction of sp³-hybridized carbons (Fsp3) is 0.786. The first-order valence-electron chi connectivity index (χ1n) is 7.10. The second kappa shape index (κ2) is 6.30. The van der Waals surface area contributed by atoms with Crippen molar-refractivity contribution in [2.75, 3.05) is 6.61 Å². The Balaban J connectivity index is 2.98. The molecule has 3 nitrogen and oxygen atoms in total. The fourth-order valence-corrected chi connectivity index (χ4v) is 2.75. The van der Waals surface area contributed by atoms with E-state index in [1.807, 2.05) is 19.9 Å². The van der Waals surface area contributed by atoms with E-state index < -0.39 is 6.55 Å². The molecular formula is C14H27BO3. The van der Waals surface area contributed by atoms with Gasteiger partial charge in [0.05, 0.1) is 5.76 Å². The van der Waals surface area contributed by atoms with E-state index in [4.69, 9.17) is 13.7 Å². The topological polar surface area (TPSA) is 29.8 Å². The predicted molar refractivity (Wildman–Crippen MR) is 76.5 cm³/mol. The third-order valence-corrected chi connectivity index (χ3v) is 3.00. The summed E-state index contributed by atoms with van der Waals surface area (Å²) in [6.45, 7) is 12.1. The molecule has 4 heteroatoms. The molecule has 1 heterocycles. The number of hydrogen-bond donors (Lipinski definition) is 0. The van der Waals surface area contributed by atoms with Crippen LogP contribution in [0.25, 0.3) is 0 Å². The van der Waals surface area contributed by atoms with Crippen LogP contribution in [0.2, 0.25) is 12.6 Å². The van der Waals surface area contributed by atoms with Crippen molar-refractivity contribution in [3.05, 3.63) is 11.8 Å². The molecule has 0 aromatic carbocycles. The Bertz CT molecular complexity index is 322. The zero-order valence-electron chi connectivity index (χ0n) is 12.7. The number of carbonyl (C=O) groups excluding carboxylic acids is 1. The number of hydrogen-bond acceptors (Lipinski definition) is 2. The highest BCUT2D eigenvalue weighted by molar-refractivity contribution is 6.65.